The van der Waals surface area contributed by atoms with Crippen molar-refractivity contribution in [1.29, 1.82) is 0 Å². The summed E-state index contributed by atoms with van der Waals surface area (Å²) in [5.41, 5.74) is 13.9. The van der Waals surface area contributed by atoms with Crippen LogP contribution in [0.25, 0.3) is 60.8 Å². The Balaban J connectivity index is 1.31. The Morgan fingerprint density at radius 3 is 2.09 bits per heavy atom. The van der Waals surface area contributed by atoms with Gasteiger partial charge in [0.15, 0.2) is 0 Å². The van der Waals surface area contributed by atoms with Crippen LogP contribution in [0.3, 0.4) is 0 Å². The number of para-hydroxylation sites is 2. The lowest BCUT2D eigenvalue weighted by molar-refractivity contribution is 0.874. The molecule has 0 atom stereocenters. The number of hydrogen-bond acceptors (Lipinski definition) is 0. The van der Waals surface area contributed by atoms with Crippen LogP contribution < -0.4 is 0 Å². The lowest BCUT2D eigenvalue weighted by Gasteiger charge is -2.13. The molecule has 5 aromatic carbocycles. The summed E-state index contributed by atoms with van der Waals surface area (Å²) in [7, 11) is 0. The number of fused-ring (bicyclic) bond motifs is 4. The van der Waals surface area contributed by atoms with Crippen molar-refractivity contribution in [3.8, 4) is 16.8 Å². The van der Waals surface area contributed by atoms with E-state index in [2.05, 4.69) is 205 Å². The molecule has 1 aliphatic rings. The second kappa shape index (κ2) is 15.1. The van der Waals surface area contributed by atoms with Crippen molar-refractivity contribution in [2.24, 2.45) is 0 Å². The second-order valence-corrected chi connectivity index (χ2v) is 13.9. The molecule has 2 nitrogen and oxygen atoms in total. The van der Waals surface area contributed by atoms with Gasteiger partial charge in [0.05, 0.1) is 16.6 Å². The quantitative estimate of drug-likeness (QED) is 0.148. The molecular formula is C51H44N2. The van der Waals surface area contributed by atoms with Gasteiger partial charge in [0, 0.05) is 33.7 Å². The molecule has 2 heteroatoms. The minimum Gasteiger partial charge on any atom is -0.317 e. The highest BCUT2D eigenvalue weighted by Crippen LogP contribution is 2.36. The van der Waals surface area contributed by atoms with Gasteiger partial charge in [-0.1, -0.05) is 140 Å². The Hall–Kier alpha value is -6.38. The van der Waals surface area contributed by atoms with Gasteiger partial charge in [-0.25, -0.2) is 0 Å². The minimum atomic E-state index is 0.921. The fraction of sp³-hybridized carbons (Fsp3) is 0.0980. The maximum Gasteiger partial charge on any atom is 0.0547 e. The summed E-state index contributed by atoms with van der Waals surface area (Å²) in [6.07, 6.45) is 17.1. The van der Waals surface area contributed by atoms with E-state index < -0.39 is 0 Å². The third kappa shape index (κ3) is 6.97. The molecule has 0 radical (unpaired) electrons. The second-order valence-electron chi connectivity index (χ2n) is 13.9. The standard InChI is InChI=1S/C51H44N2/c1-37-19-9-8-18-32-52(45-24-14-7-15-25-45)50-35-42(28-30-46(37)50)43-29-31-48-47-26-16-17-27-49(47)53(51(48)36-43)39(3)34-44(41-22-12-6-13-23-41)33-38(2)40-20-10-4-5-11-21-40/h6-10,12-36H,3-5,11H2,1-2H3/b9-8?,32-18?,37-19?,38-33+,44-34+. The lowest BCUT2D eigenvalue weighted by Crippen LogP contribution is -1.96. The highest BCUT2D eigenvalue weighted by atomic mass is 15.0. The molecule has 258 valence electrons. The van der Waals surface area contributed by atoms with Crippen LogP contribution >= 0.6 is 0 Å². The molecule has 0 N–H and O–H groups in total. The van der Waals surface area contributed by atoms with E-state index >= 15 is 0 Å². The number of aryl methyl sites for hydroxylation is 1. The Bertz CT molecular complexity index is 2660. The molecule has 0 fully saturated rings. The predicted octanol–water partition coefficient (Wildman–Crippen LogP) is 14.0. The molecule has 2 aromatic heterocycles. The molecule has 0 saturated carbocycles. The van der Waals surface area contributed by atoms with Crippen LogP contribution in [-0.4, -0.2) is 9.13 Å². The van der Waals surface area contributed by atoms with Crippen LogP contribution in [0.15, 0.2) is 200 Å². The first-order valence-electron chi connectivity index (χ1n) is 18.6. The number of rotatable bonds is 7. The van der Waals surface area contributed by atoms with E-state index in [0.717, 1.165) is 57.5 Å². The first kappa shape index (κ1) is 33.7. The smallest absolute Gasteiger partial charge is 0.0547 e. The van der Waals surface area contributed by atoms with Crippen molar-refractivity contribution in [3.05, 3.63) is 211 Å². The van der Waals surface area contributed by atoms with Crippen LogP contribution in [0, 0.1) is 6.92 Å². The van der Waals surface area contributed by atoms with Crippen molar-refractivity contribution in [2.75, 3.05) is 0 Å². The topological polar surface area (TPSA) is 9.86 Å². The van der Waals surface area contributed by atoms with E-state index in [0.29, 0.717) is 0 Å². The number of aromatic nitrogens is 2. The van der Waals surface area contributed by atoms with Crippen LogP contribution in [0.1, 0.15) is 37.3 Å². The van der Waals surface area contributed by atoms with Crippen LogP contribution in [0.4, 0.5) is 0 Å². The Morgan fingerprint density at radius 2 is 1.28 bits per heavy atom. The van der Waals surface area contributed by atoms with Crippen molar-refractivity contribution in [3.63, 3.8) is 0 Å². The molecule has 53 heavy (non-hydrogen) atoms. The van der Waals surface area contributed by atoms with E-state index in [1.54, 1.807) is 0 Å². The fourth-order valence-corrected chi connectivity index (χ4v) is 7.55. The van der Waals surface area contributed by atoms with E-state index in [1.165, 1.54) is 44.9 Å². The fourth-order valence-electron chi connectivity index (χ4n) is 7.55. The molecule has 8 rings (SSSR count). The van der Waals surface area contributed by atoms with Crippen LogP contribution in [0.2, 0.25) is 0 Å². The third-order valence-corrected chi connectivity index (χ3v) is 10.3. The highest BCUT2D eigenvalue weighted by Gasteiger charge is 2.15. The zero-order chi connectivity index (χ0) is 36.1. The minimum absolute atomic E-state index is 0.921. The average Bonchev–Trinajstić information content (AvgIpc) is 3.32. The first-order valence-corrected chi connectivity index (χ1v) is 18.6. The summed E-state index contributed by atoms with van der Waals surface area (Å²) < 4.78 is 4.62. The number of benzene rings is 5. The summed E-state index contributed by atoms with van der Waals surface area (Å²) in [6, 6.07) is 52.1. The molecule has 2 heterocycles. The summed E-state index contributed by atoms with van der Waals surface area (Å²) in [4.78, 5) is 0. The molecule has 7 aromatic rings. The number of allylic oxidation sites excluding steroid dienone is 9. The maximum atomic E-state index is 4.74. The molecule has 0 unspecified atom stereocenters. The van der Waals surface area contributed by atoms with Crippen molar-refractivity contribution in [2.45, 2.75) is 33.1 Å². The molecule has 1 aliphatic carbocycles. The van der Waals surface area contributed by atoms with Gasteiger partial charge in [0.1, 0.15) is 0 Å². The van der Waals surface area contributed by atoms with Gasteiger partial charge < -0.3 is 9.13 Å². The van der Waals surface area contributed by atoms with Gasteiger partial charge in [-0.05, 0) is 115 Å². The monoisotopic (exact) mass is 684 g/mol. The van der Waals surface area contributed by atoms with E-state index in [-0.39, 0.29) is 0 Å². The Labute approximate surface area is 313 Å². The zero-order valence-electron chi connectivity index (χ0n) is 30.5. The van der Waals surface area contributed by atoms with Crippen molar-refractivity contribution < 1.29 is 0 Å². The van der Waals surface area contributed by atoms with E-state index in [9.17, 15) is 0 Å². The summed E-state index contributed by atoms with van der Waals surface area (Å²) >= 11 is 0. The molecule has 0 aliphatic heterocycles. The number of hydrogen-bond donors (Lipinski definition) is 0. The normalized spacial score (nSPS) is 13.6. The van der Waals surface area contributed by atoms with Gasteiger partial charge in [-0.3, -0.25) is 0 Å². The largest absolute Gasteiger partial charge is 0.317 e. The predicted molar refractivity (Wildman–Crippen MR) is 229 cm³/mol. The Morgan fingerprint density at radius 1 is 0.623 bits per heavy atom. The summed E-state index contributed by atoms with van der Waals surface area (Å²) in [5, 5.41) is 3.63. The van der Waals surface area contributed by atoms with Gasteiger partial charge in [-0.15, -0.1) is 0 Å². The third-order valence-electron chi connectivity index (χ3n) is 10.3. The van der Waals surface area contributed by atoms with Gasteiger partial charge in [0.2, 0.25) is 0 Å². The van der Waals surface area contributed by atoms with Gasteiger partial charge in [-0.2, -0.15) is 0 Å². The zero-order valence-corrected chi connectivity index (χ0v) is 30.5. The molecule has 0 amide bonds. The molecule has 0 spiro atoms. The van der Waals surface area contributed by atoms with E-state index in [4.69, 9.17) is 6.58 Å². The number of nitrogens with zero attached hydrogens (tertiary/aromatic N) is 2. The molecular weight excluding hydrogens is 641 g/mol. The SMILES string of the molecule is C=C(/C=C(\C=C(/C)C1=CCCCC=C1)c1ccccc1)n1c2ccccc2c2ccc(-c3ccc4c(C)cccccn(-c5ccccc5)c4c3)cc21. The summed E-state index contributed by atoms with van der Waals surface area (Å²) in [5.74, 6) is 0. The molecule has 0 bridgehead atoms. The summed E-state index contributed by atoms with van der Waals surface area (Å²) in [6.45, 7) is 9.15. The Kier molecular flexibility index (Phi) is 9.60. The average molecular weight is 685 g/mol. The highest BCUT2D eigenvalue weighted by molar-refractivity contribution is 6.11. The van der Waals surface area contributed by atoms with Crippen molar-refractivity contribution >= 4 is 44.0 Å². The molecule has 0 saturated heterocycles. The first-order chi connectivity index (χ1) is 26.0. The maximum absolute atomic E-state index is 4.74. The van der Waals surface area contributed by atoms with Crippen LogP contribution in [-0.2, 0) is 0 Å². The van der Waals surface area contributed by atoms with Gasteiger partial charge >= 0.3 is 0 Å². The van der Waals surface area contributed by atoms with Crippen LogP contribution in [0.5, 0.6) is 0 Å². The lowest BCUT2D eigenvalue weighted by atomic mass is 9.98. The van der Waals surface area contributed by atoms with Gasteiger partial charge in [0.25, 0.3) is 0 Å². The van der Waals surface area contributed by atoms with E-state index in [1.807, 2.05) is 0 Å². The van der Waals surface area contributed by atoms with Crippen molar-refractivity contribution in [1.82, 2.24) is 9.13 Å².